The van der Waals surface area contributed by atoms with Crippen LogP contribution in [0.3, 0.4) is 0 Å². The van der Waals surface area contributed by atoms with E-state index in [-0.39, 0.29) is 0 Å². The molecule has 1 aromatic carbocycles. The number of hydrogen-bond donors (Lipinski definition) is 1. The maximum Gasteiger partial charge on any atom is 0.0731 e. The number of ether oxygens (including phenoxy) is 1. The molecule has 0 aromatic heterocycles. The smallest absolute Gasteiger partial charge is 0.0731 e. The van der Waals surface area contributed by atoms with Gasteiger partial charge in [0.05, 0.1) is 6.61 Å². The number of nitrogens with two attached hydrogens (primary N) is 1. The molecule has 0 saturated heterocycles. The topological polar surface area (TPSA) is 35.2 Å². The van der Waals surface area contributed by atoms with Crippen LogP contribution in [-0.4, -0.2) is 6.61 Å². The Labute approximate surface area is 114 Å². The fourth-order valence-electron chi connectivity index (χ4n) is 2.52. The molecule has 0 amide bonds. The van der Waals surface area contributed by atoms with Crippen molar-refractivity contribution >= 4 is 11.6 Å². The molecule has 0 heterocycles. The molecule has 2 nitrogen and oxygen atoms in total. The molecule has 1 aliphatic carbocycles. The molecule has 3 heteroatoms. The van der Waals surface area contributed by atoms with E-state index in [0.29, 0.717) is 13.2 Å². The van der Waals surface area contributed by atoms with Gasteiger partial charge in [-0.05, 0) is 36.0 Å². The summed E-state index contributed by atoms with van der Waals surface area (Å²) in [6.45, 7) is 2.01. The Morgan fingerprint density at radius 3 is 2.67 bits per heavy atom. The summed E-state index contributed by atoms with van der Waals surface area (Å²) in [5.41, 5.74) is 7.70. The highest BCUT2D eigenvalue weighted by atomic mass is 35.5. The Morgan fingerprint density at radius 2 is 2.00 bits per heavy atom. The van der Waals surface area contributed by atoms with Gasteiger partial charge in [0.2, 0.25) is 0 Å². The number of rotatable bonds is 5. The monoisotopic (exact) mass is 267 g/mol. The maximum absolute atomic E-state index is 6.19. The van der Waals surface area contributed by atoms with Crippen LogP contribution in [0.2, 0.25) is 5.02 Å². The first-order valence-electron chi connectivity index (χ1n) is 6.84. The molecule has 1 aliphatic rings. The van der Waals surface area contributed by atoms with Crippen LogP contribution in [0.4, 0.5) is 0 Å². The van der Waals surface area contributed by atoms with Crippen LogP contribution in [0.5, 0.6) is 0 Å². The van der Waals surface area contributed by atoms with E-state index in [4.69, 9.17) is 22.1 Å². The first-order chi connectivity index (χ1) is 8.79. The molecule has 0 aliphatic heterocycles. The lowest BCUT2D eigenvalue weighted by atomic mass is 9.90. The van der Waals surface area contributed by atoms with Gasteiger partial charge in [0.25, 0.3) is 0 Å². The Hall–Kier alpha value is -0.570. The van der Waals surface area contributed by atoms with Crippen LogP contribution in [-0.2, 0) is 17.9 Å². The minimum Gasteiger partial charge on any atom is -0.376 e. The van der Waals surface area contributed by atoms with Crippen LogP contribution in [0.15, 0.2) is 18.2 Å². The second kappa shape index (κ2) is 7.13. The van der Waals surface area contributed by atoms with E-state index >= 15 is 0 Å². The van der Waals surface area contributed by atoms with E-state index in [1.165, 1.54) is 32.1 Å². The largest absolute Gasteiger partial charge is 0.376 e. The normalized spacial score (nSPS) is 17.0. The first-order valence-corrected chi connectivity index (χ1v) is 7.22. The molecule has 0 bridgehead atoms. The van der Waals surface area contributed by atoms with E-state index in [9.17, 15) is 0 Å². The van der Waals surface area contributed by atoms with Crippen molar-refractivity contribution < 1.29 is 4.74 Å². The zero-order valence-electron chi connectivity index (χ0n) is 10.8. The first kappa shape index (κ1) is 13.9. The van der Waals surface area contributed by atoms with Crippen molar-refractivity contribution in [1.82, 2.24) is 0 Å². The lowest BCUT2D eigenvalue weighted by Crippen LogP contribution is -2.13. The molecule has 18 heavy (non-hydrogen) atoms. The average Bonchev–Trinajstić information content (AvgIpc) is 2.42. The summed E-state index contributed by atoms with van der Waals surface area (Å²) >= 11 is 6.19. The quantitative estimate of drug-likeness (QED) is 0.878. The molecule has 0 unspecified atom stereocenters. The van der Waals surface area contributed by atoms with Crippen molar-refractivity contribution in [3.8, 4) is 0 Å². The van der Waals surface area contributed by atoms with Crippen LogP contribution in [0.25, 0.3) is 0 Å². The van der Waals surface area contributed by atoms with Gasteiger partial charge in [-0.1, -0.05) is 43.0 Å². The molecule has 1 fully saturated rings. The van der Waals surface area contributed by atoms with Crippen molar-refractivity contribution in [2.75, 3.05) is 6.61 Å². The van der Waals surface area contributed by atoms with Gasteiger partial charge < -0.3 is 10.5 Å². The molecular formula is C15H22ClNO. The molecule has 0 atom stereocenters. The second-order valence-corrected chi connectivity index (χ2v) is 5.56. The highest BCUT2D eigenvalue weighted by Gasteiger charge is 2.13. The second-order valence-electron chi connectivity index (χ2n) is 5.15. The fourth-order valence-corrected chi connectivity index (χ4v) is 2.78. The Bertz CT molecular complexity index is 375. The summed E-state index contributed by atoms with van der Waals surface area (Å²) in [5, 5.41) is 0.765. The molecule has 0 radical (unpaired) electrons. The molecule has 1 saturated carbocycles. The third-order valence-corrected chi connectivity index (χ3v) is 4.04. The predicted octanol–water partition coefficient (Wildman–Crippen LogP) is 3.90. The van der Waals surface area contributed by atoms with E-state index < -0.39 is 0 Å². The summed E-state index contributed by atoms with van der Waals surface area (Å²) < 4.78 is 5.80. The summed E-state index contributed by atoms with van der Waals surface area (Å²) in [6, 6.07) is 5.97. The van der Waals surface area contributed by atoms with Crippen molar-refractivity contribution in [1.29, 1.82) is 0 Å². The van der Waals surface area contributed by atoms with Crippen molar-refractivity contribution in [3.63, 3.8) is 0 Å². The van der Waals surface area contributed by atoms with Gasteiger partial charge in [0.1, 0.15) is 0 Å². The zero-order chi connectivity index (χ0) is 12.8. The number of hydrogen-bond acceptors (Lipinski definition) is 2. The van der Waals surface area contributed by atoms with Crippen LogP contribution < -0.4 is 5.73 Å². The average molecular weight is 268 g/mol. The van der Waals surface area contributed by atoms with E-state index in [1.54, 1.807) is 0 Å². The van der Waals surface area contributed by atoms with Gasteiger partial charge in [0, 0.05) is 18.2 Å². The Kier molecular flexibility index (Phi) is 5.48. The minimum absolute atomic E-state index is 0.531. The molecule has 2 N–H and O–H groups in total. The van der Waals surface area contributed by atoms with Crippen LogP contribution in [0.1, 0.15) is 43.2 Å². The molecular weight excluding hydrogens is 246 g/mol. The number of halogens is 1. The SMILES string of the molecule is NCc1ccc(COCC2CCCCC2)c(Cl)c1. The summed E-state index contributed by atoms with van der Waals surface area (Å²) in [5.74, 6) is 0.751. The van der Waals surface area contributed by atoms with Crippen molar-refractivity contribution in [2.45, 2.75) is 45.3 Å². The molecule has 2 rings (SSSR count). The summed E-state index contributed by atoms with van der Waals surface area (Å²) in [6.07, 6.45) is 6.75. The fraction of sp³-hybridized carbons (Fsp3) is 0.600. The molecule has 100 valence electrons. The molecule has 1 aromatic rings. The maximum atomic E-state index is 6.19. The van der Waals surface area contributed by atoms with Gasteiger partial charge in [0.15, 0.2) is 0 Å². The lowest BCUT2D eigenvalue weighted by molar-refractivity contribution is 0.0739. The van der Waals surface area contributed by atoms with Gasteiger partial charge in [-0.25, -0.2) is 0 Å². The van der Waals surface area contributed by atoms with Gasteiger partial charge in [-0.2, -0.15) is 0 Å². The predicted molar refractivity (Wildman–Crippen MR) is 75.6 cm³/mol. The minimum atomic E-state index is 0.531. The molecule has 0 spiro atoms. The van der Waals surface area contributed by atoms with Gasteiger partial charge in [-0.3, -0.25) is 0 Å². The zero-order valence-corrected chi connectivity index (χ0v) is 11.6. The van der Waals surface area contributed by atoms with Crippen LogP contribution in [0, 0.1) is 5.92 Å². The van der Waals surface area contributed by atoms with E-state index in [0.717, 1.165) is 28.7 Å². The standard InChI is InChI=1S/C15H22ClNO/c16-15-8-13(9-17)6-7-14(15)11-18-10-12-4-2-1-3-5-12/h6-8,12H,1-5,9-11,17H2. The summed E-state index contributed by atoms with van der Waals surface area (Å²) in [7, 11) is 0. The van der Waals surface area contributed by atoms with Crippen LogP contribution >= 0.6 is 11.6 Å². The third-order valence-electron chi connectivity index (χ3n) is 3.69. The number of benzene rings is 1. The highest BCUT2D eigenvalue weighted by Crippen LogP contribution is 2.24. The summed E-state index contributed by atoms with van der Waals surface area (Å²) in [4.78, 5) is 0. The Morgan fingerprint density at radius 1 is 1.22 bits per heavy atom. The van der Waals surface area contributed by atoms with E-state index in [2.05, 4.69) is 0 Å². The van der Waals surface area contributed by atoms with E-state index in [1.807, 2.05) is 18.2 Å². The third kappa shape index (κ3) is 3.98. The van der Waals surface area contributed by atoms with Crippen molar-refractivity contribution in [3.05, 3.63) is 34.3 Å². The highest BCUT2D eigenvalue weighted by molar-refractivity contribution is 6.31. The lowest BCUT2D eigenvalue weighted by Gasteiger charge is -2.21. The van der Waals surface area contributed by atoms with Gasteiger partial charge >= 0.3 is 0 Å². The Balaban J connectivity index is 1.79. The van der Waals surface area contributed by atoms with Crippen molar-refractivity contribution in [2.24, 2.45) is 11.7 Å². The van der Waals surface area contributed by atoms with Gasteiger partial charge in [-0.15, -0.1) is 0 Å².